The van der Waals surface area contributed by atoms with Crippen LogP contribution in [0.4, 0.5) is 5.69 Å². The van der Waals surface area contributed by atoms with Gasteiger partial charge in [0.2, 0.25) is 11.8 Å². The number of benzene rings is 1. The normalized spacial score (nSPS) is 27.5. The highest BCUT2D eigenvalue weighted by atomic mass is 16.6. The first kappa shape index (κ1) is 21.1. The summed E-state index contributed by atoms with van der Waals surface area (Å²) in [5, 5.41) is 10.7. The maximum absolute atomic E-state index is 13.1. The smallest absolute Gasteiger partial charge is 0.330 e. The number of ether oxygens (including phenoxy) is 1. The van der Waals surface area contributed by atoms with Crippen LogP contribution in [0, 0.1) is 39.7 Å². The number of hydrogen-bond donors (Lipinski definition) is 0. The second-order valence-electron chi connectivity index (χ2n) is 8.95. The molecule has 1 aliphatic heterocycles. The predicted molar refractivity (Wildman–Crippen MR) is 107 cm³/mol. The van der Waals surface area contributed by atoms with E-state index in [-0.39, 0.29) is 52.7 Å². The van der Waals surface area contributed by atoms with Gasteiger partial charge in [0.1, 0.15) is 6.04 Å². The third-order valence-corrected chi connectivity index (χ3v) is 6.86. The molecule has 2 saturated carbocycles. The lowest BCUT2D eigenvalue weighted by molar-refractivity contribution is -0.384. The summed E-state index contributed by atoms with van der Waals surface area (Å²) in [7, 11) is 0. The summed E-state index contributed by atoms with van der Waals surface area (Å²) >= 11 is 0. The molecule has 2 aliphatic carbocycles. The van der Waals surface area contributed by atoms with Crippen molar-refractivity contribution in [1.29, 1.82) is 0 Å². The molecule has 1 heterocycles. The van der Waals surface area contributed by atoms with Crippen LogP contribution in [0.1, 0.15) is 43.5 Å². The van der Waals surface area contributed by atoms with E-state index in [1.165, 1.54) is 24.3 Å². The molecule has 9 heteroatoms. The molecule has 2 amide bonds. The lowest BCUT2D eigenvalue weighted by atomic mass is 9.81. The number of hydrogen-bond acceptors (Lipinski definition) is 7. The minimum absolute atomic E-state index is 0.154. The Bertz CT molecular complexity index is 927. The number of rotatable bonds is 7. The van der Waals surface area contributed by atoms with Gasteiger partial charge in [0, 0.05) is 17.7 Å². The van der Waals surface area contributed by atoms with E-state index >= 15 is 0 Å². The van der Waals surface area contributed by atoms with E-state index in [4.69, 9.17) is 4.74 Å². The first-order chi connectivity index (χ1) is 14.7. The molecule has 3 aliphatic rings. The summed E-state index contributed by atoms with van der Waals surface area (Å²) in [5.41, 5.74) is 0.0120. The van der Waals surface area contributed by atoms with Crippen LogP contribution in [0.25, 0.3) is 0 Å². The van der Waals surface area contributed by atoms with E-state index in [1.54, 1.807) is 13.8 Å². The van der Waals surface area contributed by atoms with Gasteiger partial charge in [-0.25, -0.2) is 4.79 Å². The zero-order valence-electron chi connectivity index (χ0n) is 17.4. The van der Waals surface area contributed by atoms with Crippen LogP contribution in [0.15, 0.2) is 24.3 Å². The summed E-state index contributed by atoms with van der Waals surface area (Å²) in [4.78, 5) is 62.5. The van der Waals surface area contributed by atoms with E-state index in [9.17, 15) is 29.3 Å². The van der Waals surface area contributed by atoms with Gasteiger partial charge < -0.3 is 4.74 Å². The Morgan fingerprint density at radius 1 is 1.10 bits per heavy atom. The van der Waals surface area contributed by atoms with E-state index in [0.29, 0.717) is 0 Å². The number of likely N-dealkylation sites (tertiary alicyclic amines) is 1. The third-order valence-electron chi connectivity index (χ3n) is 6.86. The number of ketones is 1. The summed E-state index contributed by atoms with van der Waals surface area (Å²) in [6.45, 7) is 2.88. The molecule has 1 saturated heterocycles. The number of Topliss-reactive ketones (excluding diaryl/α,β-unsaturated/α-hetero) is 1. The Morgan fingerprint density at radius 3 is 2.13 bits per heavy atom. The fraction of sp³-hybridized carbons (Fsp3) is 0.545. The van der Waals surface area contributed by atoms with Gasteiger partial charge in [-0.15, -0.1) is 0 Å². The fourth-order valence-corrected chi connectivity index (χ4v) is 5.46. The van der Waals surface area contributed by atoms with Crippen LogP contribution in [-0.4, -0.2) is 46.0 Å². The molecule has 0 unspecified atom stereocenters. The summed E-state index contributed by atoms with van der Waals surface area (Å²) in [5.74, 6) is -2.51. The zero-order chi connectivity index (χ0) is 22.4. The largest absolute Gasteiger partial charge is 0.456 e. The zero-order valence-corrected chi connectivity index (χ0v) is 17.4. The maximum Gasteiger partial charge on any atom is 0.330 e. The van der Waals surface area contributed by atoms with Gasteiger partial charge in [-0.05, 0) is 49.1 Å². The molecule has 9 nitrogen and oxygen atoms in total. The number of nitro benzene ring substituents is 1. The van der Waals surface area contributed by atoms with E-state index in [1.807, 2.05) is 0 Å². The van der Waals surface area contributed by atoms with Crippen LogP contribution < -0.4 is 0 Å². The molecule has 5 atom stereocenters. The topological polar surface area (TPSA) is 124 Å². The molecule has 2 bridgehead atoms. The highest BCUT2D eigenvalue weighted by Gasteiger charge is 2.62. The average molecular weight is 428 g/mol. The SMILES string of the molecule is CC(C)[C@H](C(=O)OCC(=O)c1ccc([N+](=O)[O-])cc1)N1C(=O)[C@H]2[C@@H]3CC[C@@H](C3)[C@@H]2C1=O. The number of carbonyl (C=O) groups is 4. The van der Waals surface area contributed by atoms with Crippen molar-refractivity contribution >= 4 is 29.3 Å². The van der Waals surface area contributed by atoms with Crippen LogP contribution in [-0.2, 0) is 19.1 Å². The second-order valence-corrected chi connectivity index (χ2v) is 8.95. The third kappa shape index (κ3) is 3.51. The highest BCUT2D eigenvalue weighted by molar-refractivity contribution is 6.09. The molecule has 0 aromatic heterocycles. The van der Waals surface area contributed by atoms with Crippen molar-refractivity contribution in [2.75, 3.05) is 6.61 Å². The lowest BCUT2D eigenvalue weighted by Crippen LogP contribution is -2.50. The summed E-state index contributed by atoms with van der Waals surface area (Å²) < 4.78 is 5.19. The molecule has 1 aromatic carbocycles. The van der Waals surface area contributed by atoms with Crippen molar-refractivity contribution < 1.29 is 28.8 Å². The fourth-order valence-electron chi connectivity index (χ4n) is 5.46. The first-order valence-electron chi connectivity index (χ1n) is 10.5. The Kier molecular flexibility index (Phi) is 5.36. The van der Waals surface area contributed by atoms with Gasteiger partial charge in [-0.3, -0.25) is 29.4 Å². The number of non-ortho nitro benzene ring substituents is 1. The van der Waals surface area contributed by atoms with E-state index in [0.717, 1.165) is 24.2 Å². The molecule has 3 fully saturated rings. The molecule has 0 N–H and O–H groups in total. The molecule has 1 aromatic rings. The van der Waals surface area contributed by atoms with Gasteiger partial charge in [0.25, 0.3) is 5.69 Å². The number of fused-ring (bicyclic) bond motifs is 5. The lowest BCUT2D eigenvalue weighted by Gasteiger charge is -2.28. The van der Waals surface area contributed by atoms with Crippen molar-refractivity contribution in [3.05, 3.63) is 39.9 Å². The van der Waals surface area contributed by atoms with Gasteiger partial charge in [0.05, 0.1) is 16.8 Å². The minimum Gasteiger partial charge on any atom is -0.456 e. The molecule has 0 radical (unpaired) electrons. The van der Waals surface area contributed by atoms with Crippen molar-refractivity contribution in [3.8, 4) is 0 Å². The first-order valence-corrected chi connectivity index (χ1v) is 10.5. The monoisotopic (exact) mass is 428 g/mol. The van der Waals surface area contributed by atoms with Gasteiger partial charge in [-0.2, -0.15) is 0 Å². The average Bonchev–Trinajstić information content (AvgIpc) is 3.42. The molecule has 4 rings (SSSR count). The van der Waals surface area contributed by atoms with Crippen LogP contribution >= 0.6 is 0 Å². The Labute approximate surface area is 178 Å². The van der Waals surface area contributed by atoms with E-state index < -0.39 is 29.3 Å². The van der Waals surface area contributed by atoms with Crippen molar-refractivity contribution in [3.63, 3.8) is 0 Å². The minimum atomic E-state index is -1.07. The van der Waals surface area contributed by atoms with Crippen molar-refractivity contribution in [1.82, 2.24) is 4.90 Å². The van der Waals surface area contributed by atoms with Crippen molar-refractivity contribution in [2.24, 2.45) is 29.6 Å². The summed E-state index contributed by atoms with van der Waals surface area (Å²) in [6.07, 6.45) is 2.79. The number of nitro groups is 1. The Hall–Kier alpha value is -3.10. The Morgan fingerprint density at radius 2 is 1.65 bits per heavy atom. The maximum atomic E-state index is 13.1. The van der Waals surface area contributed by atoms with Gasteiger partial charge in [-0.1, -0.05) is 13.8 Å². The molecular weight excluding hydrogens is 404 g/mol. The summed E-state index contributed by atoms with van der Waals surface area (Å²) in [6, 6.07) is 3.90. The second kappa shape index (κ2) is 7.86. The van der Waals surface area contributed by atoms with E-state index in [2.05, 4.69) is 0 Å². The quantitative estimate of drug-likeness (QED) is 0.215. The molecule has 164 valence electrons. The molecular formula is C22H24N2O7. The number of carbonyl (C=O) groups excluding carboxylic acids is 4. The van der Waals surface area contributed by atoms with Crippen molar-refractivity contribution in [2.45, 2.75) is 39.2 Å². The van der Waals surface area contributed by atoms with Gasteiger partial charge in [0.15, 0.2) is 12.4 Å². The number of nitrogens with zero attached hydrogens (tertiary/aromatic N) is 2. The number of esters is 1. The Balaban J connectivity index is 1.44. The van der Waals surface area contributed by atoms with Crippen LogP contribution in [0.2, 0.25) is 0 Å². The van der Waals surface area contributed by atoms with Crippen LogP contribution in [0.5, 0.6) is 0 Å². The predicted octanol–water partition coefficient (Wildman–Crippen LogP) is 2.38. The van der Waals surface area contributed by atoms with Gasteiger partial charge >= 0.3 is 5.97 Å². The molecule has 0 spiro atoms. The number of amides is 2. The number of imide groups is 1. The standard InChI is InChI=1S/C22H24N2O7/c1-11(2)19(23-20(26)17-13-3-4-14(9-13)18(17)21(23)27)22(28)31-10-16(25)12-5-7-15(8-6-12)24(29)30/h5-8,11,13-14,17-19H,3-4,9-10H2,1-2H3/t13-,14+,17-,18-,19+/m0/s1. The molecule has 31 heavy (non-hydrogen) atoms. The highest BCUT2D eigenvalue weighted by Crippen LogP contribution is 2.56. The van der Waals surface area contributed by atoms with Crippen LogP contribution in [0.3, 0.4) is 0 Å².